The number of ether oxygens (including phenoxy) is 1. The third-order valence-corrected chi connectivity index (χ3v) is 4.42. The Bertz CT molecular complexity index is 325. The van der Waals surface area contributed by atoms with Crippen LogP contribution >= 0.6 is 0 Å². The summed E-state index contributed by atoms with van der Waals surface area (Å²) < 4.78 is 40.2. The van der Waals surface area contributed by atoms with Crippen LogP contribution in [0.15, 0.2) is 0 Å². The first kappa shape index (κ1) is 12.4. The second-order valence-corrected chi connectivity index (χ2v) is 6.02. The molecule has 1 fully saturated rings. The fourth-order valence-electron chi connectivity index (χ4n) is 1.71. The normalized spacial score (nSPS) is 29.7. The minimum atomic E-state index is -3.11. The molecule has 0 bridgehead atoms. The zero-order valence-corrected chi connectivity index (χ0v) is 9.43. The van der Waals surface area contributed by atoms with E-state index in [1.54, 1.807) is 0 Å². The van der Waals surface area contributed by atoms with Crippen molar-refractivity contribution in [3.8, 4) is 0 Å². The number of carbonyl (C=O) groups excluding carboxylic acids is 1. The summed E-state index contributed by atoms with van der Waals surface area (Å²) in [5.74, 6) is -1.21. The molecule has 0 aromatic rings. The highest BCUT2D eigenvalue weighted by Crippen LogP contribution is 2.25. The maximum atomic E-state index is 13.3. The molecule has 6 heteroatoms. The average molecular weight is 238 g/mol. The predicted octanol–water partition coefficient (Wildman–Crippen LogP) is 0.712. The standard InChI is InChI=1S/C9H15FO4S/c1-14-9(11)3-2-7-6-15(12,13)5-4-8(7)10/h7-8H,2-6H2,1H3/t7-,8-/m1/s1. The van der Waals surface area contributed by atoms with Crippen molar-refractivity contribution in [3.05, 3.63) is 0 Å². The smallest absolute Gasteiger partial charge is 0.305 e. The van der Waals surface area contributed by atoms with Crippen LogP contribution in [-0.4, -0.2) is 39.2 Å². The molecule has 0 saturated carbocycles. The summed E-state index contributed by atoms with van der Waals surface area (Å²) in [5, 5.41) is 0. The Labute approximate surface area is 88.7 Å². The highest BCUT2D eigenvalue weighted by Gasteiger charge is 2.33. The SMILES string of the molecule is COC(=O)CC[C@@H]1CS(=O)(=O)CC[C@H]1F. The molecule has 1 rings (SSSR count). The van der Waals surface area contributed by atoms with E-state index in [4.69, 9.17) is 0 Å². The van der Waals surface area contributed by atoms with Crippen molar-refractivity contribution in [2.24, 2.45) is 5.92 Å². The number of rotatable bonds is 3. The lowest BCUT2D eigenvalue weighted by Gasteiger charge is -2.25. The van der Waals surface area contributed by atoms with Crippen LogP contribution in [0.4, 0.5) is 4.39 Å². The number of sulfone groups is 1. The molecule has 0 aromatic carbocycles. The number of esters is 1. The minimum Gasteiger partial charge on any atom is -0.469 e. The first-order chi connectivity index (χ1) is 6.94. The molecule has 0 unspecified atom stereocenters. The Morgan fingerprint density at radius 1 is 1.53 bits per heavy atom. The van der Waals surface area contributed by atoms with E-state index in [1.807, 2.05) is 0 Å². The van der Waals surface area contributed by atoms with E-state index >= 15 is 0 Å². The van der Waals surface area contributed by atoms with Gasteiger partial charge in [-0.05, 0) is 12.8 Å². The number of halogens is 1. The van der Waals surface area contributed by atoms with E-state index in [0.29, 0.717) is 0 Å². The summed E-state index contributed by atoms with van der Waals surface area (Å²) in [6.07, 6.45) is -0.739. The lowest BCUT2D eigenvalue weighted by atomic mass is 9.98. The quantitative estimate of drug-likeness (QED) is 0.679. The summed E-state index contributed by atoms with van der Waals surface area (Å²) in [6, 6.07) is 0. The van der Waals surface area contributed by atoms with Crippen molar-refractivity contribution in [2.45, 2.75) is 25.4 Å². The Hall–Kier alpha value is -0.650. The molecule has 1 aliphatic heterocycles. The van der Waals surface area contributed by atoms with Gasteiger partial charge in [-0.25, -0.2) is 12.8 Å². The summed E-state index contributed by atoms with van der Waals surface area (Å²) in [7, 11) is -1.85. The fraction of sp³-hybridized carbons (Fsp3) is 0.889. The second-order valence-electron chi connectivity index (χ2n) is 3.79. The van der Waals surface area contributed by atoms with Crippen molar-refractivity contribution in [3.63, 3.8) is 0 Å². The van der Waals surface area contributed by atoms with E-state index in [0.717, 1.165) is 0 Å². The van der Waals surface area contributed by atoms with Gasteiger partial charge in [0.15, 0.2) is 9.84 Å². The van der Waals surface area contributed by atoms with Crippen molar-refractivity contribution >= 4 is 15.8 Å². The van der Waals surface area contributed by atoms with E-state index in [9.17, 15) is 17.6 Å². The van der Waals surface area contributed by atoms with E-state index < -0.39 is 27.9 Å². The molecule has 88 valence electrons. The minimum absolute atomic E-state index is 0.0498. The van der Waals surface area contributed by atoms with Gasteiger partial charge in [-0.3, -0.25) is 4.79 Å². The molecular weight excluding hydrogens is 223 g/mol. The maximum Gasteiger partial charge on any atom is 0.305 e. The monoisotopic (exact) mass is 238 g/mol. The van der Waals surface area contributed by atoms with Gasteiger partial charge in [-0.1, -0.05) is 0 Å². The zero-order valence-electron chi connectivity index (χ0n) is 8.61. The molecule has 0 aromatic heterocycles. The molecule has 1 aliphatic rings. The van der Waals surface area contributed by atoms with Gasteiger partial charge in [0.25, 0.3) is 0 Å². The van der Waals surface area contributed by atoms with Crippen LogP contribution in [0.5, 0.6) is 0 Å². The number of hydrogen-bond acceptors (Lipinski definition) is 4. The molecule has 1 saturated heterocycles. The fourth-order valence-corrected chi connectivity index (χ4v) is 3.49. The van der Waals surface area contributed by atoms with Crippen LogP contribution in [0.2, 0.25) is 0 Å². The first-order valence-electron chi connectivity index (χ1n) is 4.86. The molecule has 15 heavy (non-hydrogen) atoms. The van der Waals surface area contributed by atoms with Gasteiger partial charge in [-0.15, -0.1) is 0 Å². The van der Waals surface area contributed by atoms with Crippen LogP contribution in [0, 0.1) is 5.92 Å². The van der Waals surface area contributed by atoms with Gasteiger partial charge < -0.3 is 4.74 Å². The molecule has 0 radical (unpaired) electrons. The average Bonchev–Trinajstić information content (AvgIpc) is 2.19. The van der Waals surface area contributed by atoms with Crippen LogP contribution in [0.25, 0.3) is 0 Å². The second kappa shape index (κ2) is 4.92. The third kappa shape index (κ3) is 3.77. The van der Waals surface area contributed by atoms with Gasteiger partial charge in [0.1, 0.15) is 6.17 Å². The van der Waals surface area contributed by atoms with E-state index in [1.165, 1.54) is 7.11 Å². The summed E-state index contributed by atoms with van der Waals surface area (Å²) in [6.45, 7) is 0. The van der Waals surface area contributed by atoms with Crippen molar-refractivity contribution in [1.82, 2.24) is 0 Å². The van der Waals surface area contributed by atoms with Gasteiger partial charge >= 0.3 is 5.97 Å². The summed E-state index contributed by atoms with van der Waals surface area (Å²) in [5.41, 5.74) is 0. The lowest BCUT2D eigenvalue weighted by Crippen LogP contribution is -2.34. The summed E-state index contributed by atoms with van der Waals surface area (Å²) >= 11 is 0. The Kier molecular flexibility index (Phi) is 4.07. The van der Waals surface area contributed by atoms with Crippen molar-refractivity contribution < 1.29 is 22.3 Å². The number of hydrogen-bond donors (Lipinski definition) is 0. The molecule has 0 aliphatic carbocycles. The third-order valence-electron chi connectivity index (χ3n) is 2.63. The molecule has 4 nitrogen and oxygen atoms in total. The van der Waals surface area contributed by atoms with Gasteiger partial charge in [-0.2, -0.15) is 0 Å². The summed E-state index contributed by atoms with van der Waals surface area (Å²) in [4.78, 5) is 10.8. The maximum absolute atomic E-state index is 13.3. The highest BCUT2D eigenvalue weighted by atomic mass is 32.2. The number of methoxy groups -OCH3 is 1. The van der Waals surface area contributed by atoms with Crippen LogP contribution in [0.3, 0.4) is 0 Å². The number of carbonyl (C=O) groups is 1. The van der Waals surface area contributed by atoms with Gasteiger partial charge in [0.05, 0.1) is 18.6 Å². The van der Waals surface area contributed by atoms with Crippen LogP contribution in [-0.2, 0) is 19.4 Å². The Morgan fingerprint density at radius 3 is 2.80 bits per heavy atom. The van der Waals surface area contributed by atoms with E-state index in [-0.39, 0.29) is 30.8 Å². The first-order valence-corrected chi connectivity index (χ1v) is 6.68. The van der Waals surface area contributed by atoms with Crippen molar-refractivity contribution in [1.29, 1.82) is 0 Å². The van der Waals surface area contributed by atoms with Crippen molar-refractivity contribution in [2.75, 3.05) is 18.6 Å². The molecule has 0 amide bonds. The molecule has 0 spiro atoms. The van der Waals surface area contributed by atoms with E-state index in [2.05, 4.69) is 4.74 Å². The largest absolute Gasteiger partial charge is 0.469 e. The predicted molar refractivity (Wildman–Crippen MR) is 52.9 cm³/mol. The molecule has 2 atom stereocenters. The van der Waals surface area contributed by atoms with Crippen LogP contribution < -0.4 is 0 Å². The number of alkyl halides is 1. The Balaban J connectivity index is 2.49. The molecule has 0 N–H and O–H groups in total. The topological polar surface area (TPSA) is 60.4 Å². The van der Waals surface area contributed by atoms with Crippen LogP contribution in [0.1, 0.15) is 19.3 Å². The van der Waals surface area contributed by atoms with Gasteiger partial charge in [0, 0.05) is 12.3 Å². The molecular formula is C9H15FO4S. The highest BCUT2D eigenvalue weighted by molar-refractivity contribution is 7.91. The lowest BCUT2D eigenvalue weighted by molar-refractivity contribution is -0.141. The van der Waals surface area contributed by atoms with Gasteiger partial charge in [0.2, 0.25) is 0 Å². The molecule has 1 heterocycles. The Morgan fingerprint density at radius 2 is 2.20 bits per heavy atom. The zero-order chi connectivity index (χ0) is 11.5.